The van der Waals surface area contributed by atoms with Gasteiger partial charge in [0, 0.05) is 6.04 Å². The molecule has 0 aromatic rings. The molecule has 84 valence electrons. The van der Waals surface area contributed by atoms with Crippen molar-refractivity contribution in [3.63, 3.8) is 0 Å². The lowest BCUT2D eigenvalue weighted by molar-refractivity contribution is -0.119. The fraction of sp³-hybridized carbons (Fsp3) is 0.818. The molecule has 2 atom stereocenters. The van der Waals surface area contributed by atoms with Crippen molar-refractivity contribution in [2.45, 2.75) is 38.1 Å². The number of amides is 1. The lowest BCUT2D eigenvalue weighted by atomic mass is 9.95. The first-order valence-corrected chi connectivity index (χ1v) is 5.53. The van der Waals surface area contributed by atoms with Crippen LogP contribution in [0.3, 0.4) is 0 Å². The molecule has 1 aliphatic carbocycles. The largest absolute Gasteiger partial charge is 0.369 e. The van der Waals surface area contributed by atoms with E-state index in [1.165, 1.54) is 6.42 Å². The molecule has 15 heavy (non-hydrogen) atoms. The number of carbonyl (C=O) groups excluding carboxylic acids is 1. The molecule has 1 aliphatic rings. The van der Waals surface area contributed by atoms with Crippen LogP contribution in [-0.4, -0.2) is 30.4 Å². The van der Waals surface area contributed by atoms with E-state index in [9.17, 15) is 4.79 Å². The van der Waals surface area contributed by atoms with Gasteiger partial charge in [-0.2, -0.15) is 5.26 Å². The molecule has 0 radical (unpaired) electrons. The number of nitrogens with zero attached hydrogens (tertiary/aromatic N) is 2. The van der Waals surface area contributed by atoms with Crippen LogP contribution in [-0.2, 0) is 4.79 Å². The Bertz CT molecular complexity index is 259. The first-order valence-electron chi connectivity index (χ1n) is 5.53. The molecule has 0 bridgehead atoms. The number of hydrogen-bond donors (Lipinski definition) is 1. The molecule has 0 saturated heterocycles. The van der Waals surface area contributed by atoms with Crippen molar-refractivity contribution < 1.29 is 4.79 Å². The van der Waals surface area contributed by atoms with Crippen molar-refractivity contribution in [1.82, 2.24) is 4.90 Å². The lowest BCUT2D eigenvalue weighted by Crippen LogP contribution is -2.41. The Morgan fingerprint density at radius 3 is 2.73 bits per heavy atom. The zero-order valence-corrected chi connectivity index (χ0v) is 9.28. The maximum Gasteiger partial charge on any atom is 0.231 e. The van der Waals surface area contributed by atoms with Crippen molar-refractivity contribution in [2.24, 2.45) is 11.7 Å². The van der Waals surface area contributed by atoms with E-state index in [1.807, 2.05) is 11.9 Å². The molecule has 2 unspecified atom stereocenters. The first kappa shape index (κ1) is 12.0. The third-order valence-corrected chi connectivity index (χ3v) is 3.12. The SMILES string of the molecule is CN(CC(N)=O)C1CCCCCC1C#N. The summed E-state index contributed by atoms with van der Waals surface area (Å²) in [6.45, 7) is 0.253. The van der Waals surface area contributed by atoms with Gasteiger partial charge in [-0.05, 0) is 19.9 Å². The number of rotatable bonds is 3. The molecule has 1 amide bonds. The van der Waals surface area contributed by atoms with Gasteiger partial charge in [0.05, 0.1) is 18.5 Å². The van der Waals surface area contributed by atoms with Crippen LogP contribution in [0.1, 0.15) is 32.1 Å². The summed E-state index contributed by atoms with van der Waals surface area (Å²) < 4.78 is 0. The average molecular weight is 209 g/mol. The van der Waals surface area contributed by atoms with E-state index in [0.717, 1.165) is 25.7 Å². The summed E-state index contributed by atoms with van der Waals surface area (Å²) in [4.78, 5) is 12.8. The summed E-state index contributed by atoms with van der Waals surface area (Å²) in [7, 11) is 1.88. The fourth-order valence-electron chi connectivity index (χ4n) is 2.33. The van der Waals surface area contributed by atoms with E-state index in [0.29, 0.717) is 0 Å². The number of carbonyl (C=O) groups is 1. The molecule has 2 N–H and O–H groups in total. The van der Waals surface area contributed by atoms with Crippen molar-refractivity contribution in [3.8, 4) is 6.07 Å². The quantitative estimate of drug-likeness (QED) is 0.701. The zero-order chi connectivity index (χ0) is 11.3. The van der Waals surface area contributed by atoms with Crippen molar-refractivity contribution >= 4 is 5.91 Å². The predicted octanol–water partition coefficient (Wildman–Crippen LogP) is 0.876. The van der Waals surface area contributed by atoms with Crippen LogP contribution in [0.5, 0.6) is 0 Å². The van der Waals surface area contributed by atoms with Gasteiger partial charge in [-0.15, -0.1) is 0 Å². The van der Waals surface area contributed by atoms with E-state index >= 15 is 0 Å². The number of likely N-dealkylation sites (N-methyl/N-ethyl adjacent to an activating group) is 1. The Hall–Kier alpha value is -1.08. The summed E-state index contributed by atoms with van der Waals surface area (Å²) in [5.74, 6) is -0.268. The summed E-state index contributed by atoms with van der Waals surface area (Å²) >= 11 is 0. The van der Waals surface area contributed by atoms with E-state index in [-0.39, 0.29) is 24.4 Å². The van der Waals surface area contributed by atoms with Crippen LogP contribution < -0.4 is 5.73 Å². The second kappa shape index (κ2) is 5.72. The van der Waals surface area contributed by atoms with Gasteiger partial charge in [0.2, 0.25) is 5.91 Å². The first-order chi connectivity index (χ1) is 7.15. The van der Waals surface area contributed by atoms with Crippen LogP contribution in [0, 0.1) is 17.2 Å². The van der Waals surface area contributed by atoms with Crippen molar-refractivity contribution in [1.29, 1.82) is 5.26 Å². The second-order valence-corrected chi connectivity index (χ2v) is 4.32. The summed E-state index contributed by atoms with van der Waals surface area (Å²) in [6, 6.07) is 2.55. The second-order valence-electron chi connectivity index (χ2n) is 4.32. The molecule has 1 saturated carbocycles. The molecular formula is C11H19N3O. The third-order valence-electron chi connectivity index (χ3n) is 3.12. The Morgan fingerprint density at radius 1 is 1.47 bits per heavy atom. The highest BCUT2D eigenvalue weighted by Crippen LogP contribution is 2.26. The summed E-state index contributed by atoms with van der Waals surface area (Å²) in [6.07, 6.45) is 5.41. The monoisotopic (exact) mass is 209 g/mol. The van der Waals surface area contributed by atoms with Gasteiger partial charge >= 0.3 is 0 Å². The van der Waals surface area contributed by atoms with Crippen molar-refractivity contribution in [2.75, 3.05) is 13.6 Å². The van der Waals surface area contributed by atoms with Crippen LogP contribution in [0.2, 0.25) is 0 Å². The van der Waals surface area contributed by atoms with Gasteiger partial charge in [-0.3, -0.25) is 9.69 Å². The fourth-order valence-corrected chi connectivity index (χ4v) is 2.33. The highest BCUT2D eigenvalue weighted by Gasteiger charge is 2.27. The maximum atomic E-state index is 10.8. The maximum absolute atomic E-state index is 10.8. The smallest absolute Gasteiger partial charge is 0.231 e. The highest BCUT2D eigenvalue weighted by molar-refractivity contribution is 5.75. The molecule has 0 aromatic heterocycles. The van der Waals surface area contributed by atoms with Crippen molar-refractivity contribution in [3.05, 3.63) is 0 Å². The van der Waals surface area contributed by atoms with Gasteiger partial charge in [0.1, 0.15) is 0 Å². The third kappa shape index (κ3) is 3.52. The minimum atomic E-state index is -0.321. The van der Waals surface area contributed by atoms with Gasteiger partial charge in [0.25, 0.3) is 0 Å². The van der Waals surface area contributed by atoms with E-state index in [4.69, 9.17) is 11.0 Å². The summed E-state index contributed by atoms with van der Waals surface area (Å²) in [5, 5.41) is 9.08. The normalized spacial score (nSPS) is 27.0. The van der Waals surface area contributed by atoms with E-state index in [2.05, 4.69) is 6.07 Å². The van der Waals surface area contributed by atoms with Gasteiger partial charge in [-0.1, -0.05) is 19.3 Å². The number of primary amides is 1. The van der Waals surface area contributed by atoms with E-state index in [1.54, 1.807) is 0 Å². The van der Waals surface area contributed by atoms with Gasteiger partial charge in [-0.25, -0.2) is 0 Å². The standard InChI is InChI=1S/C11H19N3O/c1-14(8-11(13)15)10-6-4-2-3-5-9(10)7-12/h9-10H,2-6,8H2,1H3,(H2,13,15). The molecule has 0 aliphatic heterocycles. The molecule has 1 rings (SSSR count). The Balaban J connectivity index is 2.62. The molecule has 0 spiro atoms. The van der Waals surface area contributed by atoms with Gasteiger partial charge < -0.3 is 5.73 Å². The highest BCUT2D eigenvalue weighted by atomic mass is 16.1. The van der Waals surface area contributed by atoms with E-state index < -0.39 is 0 Å². The molecule has 1 fully saturated rings. The molecule has 4 nitrogen and oxygen atoms in total. The lowest BCUT2D eigenvalue weighted by Gasteiger charge is -2.28. The average Bonchev–Trinajstić information content (AvgIpc) is 2.40. The topological polar surface area (TPSA) is 70.1 Å². The predicted molar refractivity (Wildman–Crippen MR) is 57.8 cm³/mol. The number of nitrogens with two attached hydrogens (primary N) is 1. The Kier molecular flexibility index (Phi) is 4.57. The molecule has 0 aromatic carbocycles. The van der Waals surface area contributed by atoms with Crippen LogP contribution in [0.25, 0.3) is 0 Å². The molecule has 4 heteroatoms. The van der Waals surface area contributed by atoms with Gasteiger partial charge in [0.15, 0.2) is 0 Å². The minimum absolute atomic E-state index is 0.0526. The zero-order valence-electron chi connectivity index (χ0n) is 9.28. The van der Waals surface area contributed by atoms with Crippen LogP contribution in [0.15, 0.2) is 0 Å². The summed E-state index contributed by atoms with van der Waals surface area (Å²) in [5.41, 5.74) is 5.16. The number of nitriles is 1. The molecule has 0 heterocycles. The Morgan fingerprint density at radius 2 is 2.13 bits per heavy atom. The Labute approximate surface area is 91.0 Å². The number of hydrogen-bond acceptors (Lipinski definition) is 3. The van der Waals surface area contributed by atoms with Crippen LogP contribution in [0.4, 0.5) is 0 Å². The molecular weight excluding hydrogens is 190 g/mol. The van der Waals surface area contributed by atoms with Crippen LogP contribution >= 0.6 is 0 Å². The minimum Gasteiger partial charge on any atom is -0.369 e.